The van der Waals surface area contributed by atoms with Crippen molar-refractivity contribution in [2.45, 2.75) is 14.7 Å². The lowest BCUT2D eigenvalue weighted by Crippen LogP contribution is -2.19. The molecule has 0 heterocycles. The van der Waals surface area contributed by atoms with Crippen LogP contribution in [-0.4, -0.2) is 56.6 Å². The van der Waals surface area contributed by atoms with Crippen LogP contribution in [0.15, 0.2) is 130 Å². The molecular formula is C35H25N3O12S3. The van der Waals surface area contributed by atoms with Crippen molar-refractivity contribution in [3.8, 4) is 0 Å². The molecule has 0 saturated carbocycles. The zero-order chi connectivity index (χ0) is 38.3. The van der Waals surface area contributed by atoms with E-state index in [1.54, 1.807) is 12.1 Å². The molecule has 0 fully saturated rings. The van der Waals surface area contributed by atoms with Crippen LogP contribution in [0, 0.1) is 0 Å². The van der Waals surface area contributed by atoms with Gasteiger partial charge in [0, 0.05) is 39.0 Å². The second-order valence-electron chi connectivity index (χ2n) is 11.5. The summed E-state index contributed by atoms with van der Waals surface area (Å²) in [6, 6.07) is 25.1. The van der Waals surface area contributed by atoms with Gasteiger partial charge >= 0.3 is 0 Å². The second-order valence-corrected chi connectivity index (χ2v) is 15.7. The quantitative estimate of drug-likeness (QED) is 0.0998. The molecule has 0 saturated heterocycles. The van der Waals surface area contributed by atoms with Crippen LogP contribution in [0.1, 0.15) is 31.1 Å². The van der Waals surface area contributed by atoms with E-state index in [-0.39, 0.29) is 38.0 Å². The van der Waals surface area contributed by atoms with Crippen molar-refractivity contribution in [3.63, 3.8) is 0 Å². The predicted octanol–water partition coefficient (Wildman–Crippen LogP) is 5.49. The van der Waals surface area contributed by atoms with Crippen LogP contribution in [0.5, 0.6) is 0 Å². The van der Waals surface area contributed by atoms with Gasteiger partial charge in [-0.3, -0.25) is 28.0 Å². The van der Waals surface area contributed by atoms with Crippen LogP contribution in [0.25, 0.3) is 21.5 Å². The molecule has 0 radical (unpaired) electrons. The van der Waals surface area contributed by atoms with E-state index in [9.17, 15) is 53.3 Å². The minimum absolute atomic E-state index is 0.135. The average Bonchev–Trinajstić information content (AvgIpc) is 3.10. The third-order valence-corrected chi connectivity index (χ3v) is 10.5. The van der Waals surface area contributed by atoms with Gasteiger partial charge in [0.1, 0.15) is 4.90 Å². The van der Waals surface area contributed by atoms with Crippen molar-refractivity contribution in [2.75, 3.05) is 16.0 Å². The third-order valence-electron chi connectivity index (χ3n) is 7.92. The molecule has 270 valence electrons. The summed E-state index contributed by atoms with van der Waals surface area (Å²) in [6.45, 7) is 0. The number of nitrogens with one attached hydrogen (secondary N) is 3. The molecule has 6 aromatic rings. The summed E-state index contributed by atoms with van der Waals surface area (Å²) in [4.78, 5) is 39.3. The molecule has 0 aliphatic heterocycles. The maximum Gasteiger partial charge on any atom is 0.295 e. The first-order chi connectivity index (χ1) is 24.9. The van der Waals surface area contributed by atoms with Crippen molar-refractivity contribution in [1.82, 2.24) is 0 Å². The second kappa shape index (κ2) is 13.8. The first-order valence-corrected chi connectivity index (χ1v) is 19.4. The minimum atomic E-state index is -4.82. The van der Waals surface area contributed by atoms with Gasteiger partial charge in [0.15, 0.2) is 0 Å². The Hall–Kier alpha value is -6.02. The fraction of sp³-hybridized carbons (Fsp3) is 0. The summed E-state index contributed by atoms with van der Waals surface area (Å²) < 4.78 is 99.1. The Labute approximate surface area is 301 Å². The van der Waals surface area contributed by atoms with Crippen LogP contribution >= 0.6 is 0 Å². The Morgan fingerprint density at radius 3 is 1.38 bits per heavy atom. The Morgan fingerprint density at radius 1 is 0.453 bits per heavy atom. The van der Waals surface area contributed by atoms with E-state index >= 15 is 0 Å². The molecule has 6 aromatic carbocycles. The standard InChI is InChI=1S/C35H25N3O12S3/c39-33(37-30-8-3-5-20-18-25(51(42,43)44)11-13-27(20)30)22-15-23(17-24(16-22)36-35(41)29-7-1-2-10-32(29)53(48,49)50)34(40)38-31-9-4-6-21-19-26(52(45,46)47)12-14-28(21)31/h1-19H,(H,36,41)(H,37,39)(H,38,40)(H,42,43,44)(H,45,46,47)(H,48,49,50). The molecule has 6 N–H and O–H groups in total. The van der Waals surface area contributed by atoms with E-state index in [1.165, 1.54) is 78.9 Å². The highest BCUT2D eigenvalue weighted by Gasteiger charge is 2.22. The average molecular weight is 776 g/mol. The minimum Gasteiger partial charge on any atom is -0.322 e. The Morgan fingerprint density at radius 2 is 0.925 bits per heavy atom. The predicted molar refractivity (Wildman–Crippen MR) is 194 cm³/mol. The number of hydrogen-bond donors (Lipinski definition) is 6. The number of carbonyl (C=O) groups excluding carboxylic acids is 3. The SMILES string of the molecule is O=C(Nc1cccc2cc(S(=O)(=O)O)ccc12)c1cc(NC(=O)c2ccccc2S(=O)(=O)O)cc(C(=O)Nc2cccc3cc(S(=O)(=O)O)ccc23)c1. The monoisotopic (exact) mass is 775 g/mol. The lowest BCUT2D eigenvalue weighted by Gasteiger charge is -2.14. The summed E-state index contributed by atoms with van der Waals surface area (Å²) in [7, 11) is -13.9. The number of anilines is 3. The number of carbonyl (C=O) groups is 3. The lowest BCUT2D eigenvalue weighted by molar-refractivity contribution is 0.101. The fourth-order valence-corrected chi connectivity index (χ4v) is 7.21. The number of hydrogen-bond acceptors (Lipinski definition) is 9. The molecule has 3 amide bonds. The highest BCUT2D eigenvalue weighted by atomic mass is 32.2. The molecule has 0 spiro atoms. The summed E-state index contributed by atoms with van der Waals surface area (Å²) in [5, 5.41) is 9.32. The van der Waals surface area contributed by atoms with E-state index in [4.69, 9.17) is 0 Å². The number of fused-ring (bicyclic) bond motifs is 2. The third kappa shape index (κ3) is 8.07. The van der Waals surface area contributed by atoms with E-state index in [0.29, 0.717) is 21.5 Å². The van der Waals surface area contributed by atoms with E-state index in [0.717, 1.165) is 24.3 Å². The van der Waals surface area contributed by atoms with Gasteiger partial charge in [-0.1, -0.05) is 48.5 Å². The molecule has 15 nitrogen and oxygen atoms in total. The molecule has 6 rings (SSSR count). The van der Waals surface area contributed by atoms with E-state index < -0.39 is 58.5 Å². The topological polar surface area (TPSA) is 250 Å². The first-order valence-electron chi connectivity index (χ1n) is 15.0. The van der Waals surface area contributed by atoms with Crippen LogP contribution in [0.4, 0.5) is 17.1 Å². The number of rotatable bonds is 9. The van der Waals surface area contributed by atoms with Gasteiger partial charge in [-0.25, -0.2) is 0 Å². The zero-order valence-electron chi connectivity index (χ0n) is 26.7. The Balaban J connectivity index is 1.39. The summed E-state index contributed by atoms with van der Waals surface area (Å²) in [5.41, 5.74) is -0.467. The normalized spacial score (nSPS) is 12.0. The van der Waals surface area contributed by atoms with Crippen molar-refractivity contribution in [1.29, 1.82) is 0 Å². The molecule has 53 heavy (non-hydrogen) atoms. The van der Waals surface area contributed by atoms with Crippen LogP contribution in [0.2, 0.25) is 0 Å². The fourth-order valence-electron chi connectivity index (χ4n) is 5.49. The van der Waals surface area contributed by atoms with E-state index in [2.05, 4.69) is 16.0 Å². The lowest BCUT2D eigenvalue weighted by atomic mass is 10.0. The van der Waals surface area contributed by atoms with Crippen LogP contribution < -0.4 is 16.0 Å². The van der Waals surface area contributed by atoms with Gasteiger partial charge in [0.25, 0.3) is 48.1 Å². The van der Waals surface area contributed by atoms with Gasteiger partial charge in [0.05, 0.1) is 15.4 Å². The van der Waals surface area contributed by atoms with Gasteiger partial charge in [-0.2, -0.15) is 25.3 Å². The highest BCUT2D eigenvalue weighted by Crippen LogP contribution is 2.29. The number of benzene rings is 6. The molecular weight excluding hydrogens is 751 g/mol. The molecule has 0 bridgehead atoms. The van der Waals surface area contributed by atoms with Crippen LogP contribution in [0.3, 0.4) is 0 Å². The maximum absolute atomic E-state index is 13.7. The van der Waals surface area contributed by atoms with Gasteiger partial charge in [-0.05, 0) is 77.5 Å². The number of amides is 3. The van der Waals surface area contributed by atoms with Crippen molar-refractivity contribution in [2.24, 2.45) is 0 Å². The van der Waals surface area contributed by atoms with Crippen molar-refractivity contribution < 1.29 is 53.3 Å². The van der Waals surface area contributed by atoms with Crippen LogP contribution in [-0.2, 0) is 30.4 Å². The molecule has 0 aromatic heterocycles. The van der Waals surface area contributed by atoms with Crippen molar-refractivity contribution >= 4 is 86.7 Å². The summed E-state index contributed by atoms with van der Waals surface area (Å²) in [6.07, 6.45) is 0. The van der Waals surface area contributed by atoms with Gasteiger partial charge in [-0.15, -0.1) is 0 Å². The van der Waals surface area contributed by atoms with Gasteiger partial charge in [0.2, 0.25) is 0 Å². The maximum atomic E-state index is 13.7. The Kier molecular flexibility index (Phi) is 9.60. The van der Waals surface area contributed by atoms with Gasteiger partial charge < -0.3 is 16.0 Å². The molecule has 18 heteroatoms. The highest BCUT2D eigenvalue weighted by molar-refractivity contribution is 7.86. The molecule has 0 unspecified atom stereocenters. The molecule has 0 atom stereocenters. The largest absolute Gasteiger partial charge is 0.322 e. The first kappa shape index (κ1) is 36.8. The zero-order valence-corrected chi connectivity index (χ0v) is 29.2. The smallest absolute Gasteiger partial charge is 0.295 e. The molecule has 0 aliphatic rings. The summed E-state index contributed by atoms with van der Waals surface area (Å²) >= 11 is 0. The molecule has 0 aliphatic carbocycles. The van der Waals surface area contributed by atoms with E-state index in [1.807, 2.05) is 0 Å². The Bertz CT molecular complexity index is 2710. The van der Waals surface area contributed by atoms with Crippen molar-refractivity contribution in [3.05, 3.63) is 132 Å². The summed E-state index contributed by atoms with van der Waals surface area (Å²) in [5.74, 6) is -2.58.